The number of carbonyl (C=O) groups excluding carboxylic acids is 3. The Hall–Kier alpha value is -4.18. The molecule has 1 amide bonds. The van der Waals surface area contributed by atoms with Crippen LogP contribution in [0.5, 0.6) is 11.5 Å². The average molecular weight is 509 g/mol. The molecule has 0 saturated carbocycles. The van der Waals surface area contributed by atoms with E-state index < -0.39 is 23.7 Å². The summed E-state index contributed by atoms with van der Waals surface area (Å²) in [6.07, 6.45) is 0. The zero-order valence-corrected chi connectivity index (χ0v) is 20.9. The van der Waals surface area contributed by atoms with E-state index in [4.69, 9.17) is 14.2 Å². The van der Waals surface area contributed by atoms with E-state index in [1.807, 2.05) is 6.92 Å². The Morgan fingerprint density at radius 1 is 1.11 bits per heavy atom. The second kappa shape index (κ2) is 10.2. The minimum absolute atomic E-state index is 0.122. The van der Waals surface area contributed by atoms with Crippen molar-refractivity contribution in [3.63, 3.8) is 0 Å². The minimum Gasteiger partial charge on any atom is -0.507 e. The number of ether oxygens (including phenoxy) is 3. The van der Waals surface area contributed by atoms with Gasteiger partial charge >= 0.3 is 11.9 Å². The summed E-state index contributed by atoms with van der Waals surface area (Å²) in [7, 11) is 2.72. The summed E-state index contributed by atoms with van der Waals surface area (Å²) in [5.41, 5.74) is 1.04. The summed E-state index contributed by atoms with van der Waals surface area (Å²) in [6.45, 7) is 3.94. The van der Waals surface area contributed by atoms with E-state index in [0.29, 0.717) is 34.9 Å². The molecule has 0 aliphatic carbocycles. The number of benzene rings is 2. The van der Waals surface area contributed by atoms with Gasteiger partial charge in [-0.05, 0) is 44.2 Å². The standard InChI is InChI=1S/C26H24N2O7S/c1-5-35-16-12-10-15(11-13-16)21(29)19-20(17-8-6-7-9-18(17)33-3)28(24(31)22(19)30)26-27-14(2)23(36-26)25(32)34-4/h6-13,20,29H,5H2,1-4H3/b21-19+/t20-/m1/s1. The second-order valence-electron chi connectivity index (χ2n) is 7.77. The van der Waals surface area contributed by atoms with Crippen LogP contribution in [0.3, 0.4) is 0 Å². The predicted molar refractivity (Wildman–Crippen MR) is 134 cm³/mol. The maximum absolute atomic E-state index is 13.4. The van der Waals surface area contributed by atoms with Crippen LogP contribution in [0.25, 0.3) is 5.76 Å². The molecule has 2 heterocycles. The maximum Gasteiger partial charge on any atom is 0.350 e. The van der Waals surface area contributed by atoms with Crippen molar-refractivity contribution >= 4 is 39.9 Å². The smallest absolute Gasteiger partial charge is 0.350 e. The third-order valence-corrected chi connectivity index (χ3v) is 6.82. The van der Waals surface area contributed by atoms with Crippen LogP contribution in [0, 0.1) is 6.92 Å². The highest BCUT2D eigenvalue weighted by atomic mass is 32.1. The molecule has 9 nitrogen and oxygen atoms in total. The number of para-hydroxylation sites is 1. The molecule has 3 aromatic rings. The lowest BCUT2D eigenvalue weighted by Gasteiger charge is -2.24. The summed E-state index contributed by atoms with van der Waals surface area (Å²) >= 11 is 0.930. The Balaban J connectivity index is 1.93. The number of methoxy groups -OCH3 is 2. The van der Waals surface area contributed by atoms with Crippen molar-refractivity contribution in [2.24, 2.45) is 0 Å². The molecule has 0 unspecified atom stereocenters. The van der Waals surface area contributed by atoms with Crippen molar-refractivity contribution in [3.8, 4) is 11.5 Å². The van der Waals surface area contributed by atoms with E-state index in [1.54, 1.807) is 55.5 Å². The number of thiazole rings is 1. The first-order valence-electron chi connectivity index (χ1n) is 11.0. The third kappa shape index (κ3) is 4.31. The Morgan fingerprint density at radius 3 is 2.44 bits per heavy atom. The Labute approximate surface area is 211 Å². The van der Waals surface area contributed by atoms with Gasteiger partial charge in [0.2, 0.25) is 0 Å². The molecule has 1 N–H and O–H groups in total. The lowest BCUT2D eigenvalue weighted by molar-refractivity contribution is -0.132. The molecule has 1 saturated heterocycles. The van der Waals surface area contributed by atoms with E-state index in [-0.39, 0.29) is 21.3 Å². The molecule has 4 rings (SSSR count). The number of carbonyl (C=O) groups is 3. The second-order valence-corrected chi connectivity index (χ2v) is 8.75. The number of aryl methyl sites for hydroxylation is 1. The number of hydrogen-bond donors (Lipinski definition) is 1. The highest BCUT2D eigenvalue weighted by Gasteiger charge is 2.49. The summed E-state index contributed by atoms with van der Waals surface area (Å²) in [5.74, 6) is -1.71. The first kappa shape index (κ1) is 24.9. The number of rotatable bonds is 7. The highest BCUT2D eigenvalue weighted by Crippen LogP contribution is 2.46. The Morgan fingerprint density at radius 2 is 1.81 bits per heavy atom. The molecule has 2 aromatic carbocycles. The fraction of sp³-hybridized carbons (Fsp3) is 0.231. The Kier molecular flexibility index (Phi) is 7.07. The number of nitrogens with zero attached hydrogens (tertiary/aromatic N) is 2. The minimum atomic E-state index is -1.05. The number of aliphatic hydroxyl groups is 1. The fourth-order valence-corrected chi connectivity index (χ4v) is 5.03. The van der Waals surface area contributed by atoms with E-state index in [0.717, 1.165) is 11.3 Å². The number of ketones is 1. The first-order chi connectivity index (χ1) is 17.3. The van der Waals surface area contributed by atoms with Crippen molar-refractivity contribution in [1.82, 2.24) is 4.98 Å². The van der Waals surface area contributed by atoms with Gasteiger partial charge < -0.3 is 19.3 Å². The fourth-order valence-electron chi connectivity index (χ4n) is 4.01. The lowest BCUT2D eigenvalue weighted by atomic mass is 9.94. The monoisotopic (exact) mass is 508 g/mol. The van der Waals surface area contributed by atoms with Crippen molar-refractivity contribution < 1.29 is 33.7 Å². The summed E-state index contributed by atoms with van der Waals surface area (Å²) in [5, 5.41) is 11.4. The van der Waals surface area contributed by atoms with Crippen LogP contribution in [0.4, 0.5) is 5.13 Å². The number of aromatic nitrogens is 1. The number of hydrogen-bond acceptors (Lipinski definition) is 9. The molecule has 1 aliphatic heterocycles. The molecule has 1 fully saturated rings. The van der Waals surface area contributed by atoms with Gasteiger partial charge in [0.1, 0.15) is 28.2 Å². The molecule has 0 bridgehead atoms. The molecule has 0 radical (unpaired) electrons. The SMILES string of the molecule is CCOc1ccc(/C(O)=C2\C(=O)C(=O)N(c3nc(C)c(C(=O)OC)s3)[C@@H]2c2ccccc2OC)cc1. The van der Waals surface area contributed by atoms with Crippen molar-refractivity contribution in [1.29, 1.82) is 0 Å². The highest BCUT2D eigenvalue weighted by molar-refractivity contribution is 7.17. The number of amides is 1. The van der Waals surface area contributed by atoms with E-state index in [2.05, 4.69) is 4.98 Å². The van der Waals surface area contributed by atoms with E-state index in [1.165, 1.54) is 19.1 Å². The largest absolute Gasteiger partial charge is 0.507 e. The van der Waals surface area contributed by atoms with Crippen LogP contribution in [0.2, 0.25) is 0 Å². The number of Topliss-reactive ketones (excluding diaryl/α,β-unsaturated/α-hetero) is 1. The Bertz CT molecular complexity index is 1360. The zero-order chi connectivity index (χ0) is 26.0. The van der Waals surface area contributed by atoms with Gasteiger partial charge in [-0.3, -0.25) is 14.5 Å². The molecule has 0 spiro atoms. The summed E-state index contributed by atoms with van der Waals surface area (Å²) < 4.78 is 15.8. The van der Waals surface area contributed by atoms with Crippen LogP contribution < -0.4 is 14.4 Å². The van der Waals surface area contributed by atoms with Crippen molar-refractivity contribution in [2.75, 3.05) is 25.7 Å². The third-order valence-electron chi connectivity index (χ3n) is 5.68. The quantitative estimate of drug-likeness (QED) is 0.218. The number of anilines is 1. The first-order valence-corrected chi connectivity index (χ1v) is 11.9. The topological polar surface area (TPSA) is 115 Å². The van der Waals surface area contributed by atoms with E-state index >= 15 is 0 Å². The van der Waals surface area contributed by atoms with Gasteiger partial charge in [-0.15, -0.1) is 0 Å². The van der Waals surface area contributed by atoms with Crippen LogP contribution in [0.15, 0.2) is 54.1 Å². The van der Waals surface area contributed by atoms with E-state index in [9.17, 15) is 19.5 Å². The van der Waals surface area contributed by atoms with Gasteiger partial charge in [-0.2, -0.15) is 0 Å². The van der Waals surface area contributed by atoms with Crippen molar-refractivity contribution in [2.45, 2.75) is 19.9 Å². The number of esters is 1. The predicted octanol–water partition coefficient (Wildman–Crippen LogP) is 4.27. The van der Waals surface area contributed by atoms with Gasteiger partial charge in [-0.25, -0.2) is 9.78 Å². The van der Waals surface area contributed by atoms with Gasteiger partial charge in [-0.1, -0.05) is 29.5 Å². The van der Waals surface area contributed by atoms with Gasteiger partial charge in [0.15, 0.2) is 5.13 Å². The average Bonchev–Trinajstić information content (AvgIpc) is 3.40. The molecule has 1 aliphatic rings. The molecule has 1 aromatic heterocycles. The van der Waals surface area contributed by atoms with Gasteiger partial charge in [0, 0.05) is 11.1 Å². The van der Waals surface area contributed by atoms with Gasteiger partial charge in [0.25, 0.3) is 5.78 Å². The maximum atomic E-state index is 13.4. The normalized spacial score (nSPS) is 16.8. The summed E-state index contributed by atoms with van der Waals surface area (Å²) in [6, 6.07) is 12.4. The summed E-state index contributed by atoms with van der Waals surface area (Å²) in [4.78, 5) is 44.7. The molecular formula is C26H24N2O7S. The van der Waals surface area contributed by atoms with Crippen LogP contribution in [0.1, 0.15) is 39.5 Å². The zero-order valence-electron chi connectivity index (χ0n) is 20.1. The van der Waals surface area contributed by atoms with Crippen LogP contribution in [-0.2, 0) is 14.3 Å². The van der Waals surface area contributed by atoms with Crippen LogP contribution >= 0.6 is 11.3 Å². The van der Waals surface area contributed by atoms with Gasteiger partial charge in [0.05, 0.1) is 32.1 Å². The molecule has 1 atom stereocenters. The lowest BCUT2D eigenvalue weighted by Crippen LogP contribution is -2.29. The molecule has 186 valence electrons. The molecular weight excluding hydrogens is 484 g/mol. The van der Waals surface area contributed by atoms with Crippen LogP contribution in [-0.4, -0.2) is 48.6 Å². The molecule has 10 heteroatoms. The molecule has 36 heavy (non-hydrogen) atoms. The number of aliphatic hydroxyl groups excluding tert-OH is 1. The van der Waals surface area contributed by atoms with Crippen molar-refractivity contribution in [3.05, 3.63) is 75.8 Å².